The van der Waals surface area contributed by atoms with Crippen molar-refractivity contribution in [2.75, 3.05) is 20.2 Å². The number of urea groups is 1. The van der Waals surface area contributed by atoms with Gasteiger partial charge < -0.3 is 20.1 Å². The van der Waals surface area contributed by atoms with Gasteiger partial charge >= 0.3 is 6.03 Å². The molecule has 1 atom stereocenters. The Morgan fingerprint density at radius 2 is 1.80 bits per heavy atom. The van der Waals surface area contributed by atoms with Crippen molar-refractivity contribution in [3.8, 4) is 16.9 Å². The van der Waals surface area contributed by atoms with Crippen molar-refractivity contribution in [1.29, 1.82) is 0 Å². The Kier molecular flexibility index (Phi) is 5.56. The lowest BCUT2D eigenvalue weighted by atomic mass is 10.0. The van der Waals surface area contributed by atoms with Gasteiger partial charge in [0.2, 0.25) is 0 Å². The lowest BCUT2D eigenvalue weighted by Gasteiger charge is -2.30. The topological polar surface area (TPSA) is 61.8 Å². The second kappa shape index (κ2) is 8.03. The third-order valence-electron chi connectivity index (χ3n) is 4.50. The maximum absolute atomic E-state index is 12.2. The van der Waals surface area contributed by atoms with Crippen LogP contribution in [0.25, 0.3) is 11.1 Å². The number of nitrogens with zero attached hydrogens (tertiary/aromatic N) is 1. The zero-order chi connectivity index (χ0) is 17.6. The van der Waals surface area contributed by atoms with E-state index in [0.29, 0.717) is 19.6 Å². The molecule has 2 amide bonds. The number of likely N-dealkylation sites (tertiary alicyclic amines) is 1. The van der Waals surface area contributed by atoms with Crippen molar-refractivity contribution >= 4 is 6.03 Å². The molecule has 0 aliphatic carbocycles. The minimum absolute atomic E-state index is 0.113. The van der Waals surface area contributed by atoms with E-state index in [-0.39, 0.29) is 6.03 Å². The molecule has 1 aliphatic rings. The van der Waals surface area contributed by atoms with Gasteiger partial charge in [0.25, 0.3) is 0 Å². The number of aliphatic hydroxyl groups excluding tert-OH is 1. The zero-order valence-corrected chi connectivity index (χ0v) is 14.4. The average molecular weight is 340 g/mol. The predicted molar refractivity (Wildman–Crippen MR) is 97.5 cm³/mol. The maximum Gasteiger partial charge on any atom is 0.317 e. The number of carbonyl (C=O) groups is 1. The maximum atomic E-state index is 12.2. The molecular weight excluding hydrogens is 316 g/mol. The van der Waals surface area contributed by atoms with Crippen molar-refractivity contribution in [2.24, 2.45) is 0 Å². The summed E-state index contributed by atoms with van der Waals surface area (Å²) < 4.78 is 5.18. The van der Waals surface area contributed by atoms with Crippen LogP contribution in [0.4, 0.5) is 4.79 Å². The summed E-state index contributed by atoms with van der Waals surface area (Å²) in [6.07, 6.45) is 1.23. The molecule has 2 aromatic carbocycles. The Morgan fingerprint density at radius 1 is 1.16 bits per heavy atom. The number of β-amino-alcohol motifs (C(OH)–C–C–N with tert-alkyl or cyclic N) is 1. The smallest absolute Gasteiger partial charge is 0.317 e. The molecule has 25 heavy (non-hydrogen) atoms. The van der Waals surface area contributed by atoms with Gasteiger partial charge in [-0.05, 0) is 41.7 Å². The summed E-state index contributed by atoms with van der Waals surface area (Å²) in [6, 6.07) is 16.0. The number of rotatable bonds is 4. The van der Waals surface area contributed by atoms with E-state index in [0.717, 1.165) is 35.3 Å². The van der Waals surface area contributed by atoms with Gasteiger partial charge in [0.15, 0.2) is 0 Å². The monoisotopic (exact) mass is 340 g/mol. The number of piperidine rings is 1. The third-order valence-corrected chi connectivity index (χ3v) is 4.50. The third kappa shape index (κ3) is 4.51. The van der Waals surface area contributed by atoms with E-state index in [9.17, 15) is 9.90 Å². The van der Waals surface area contributed by atoms with Crippen LogP contribution in [0, 0.1) is 0 Å². The summed E-state index contributed by atoms with van der Waals surface area (Å²) in [6.45, 7) is 1.61. The standard InChI is InChI=1S/C20H24N2O3/c1-25-19-10-8-17(9-11-19)16-6-4-15(5-7-16)13-21-20(24)22-12-2-3-18(23)14-22/h4-11,18,23H,2-3,12-14H2,1H3,(H,21,24). The lowest BCUT2D eigenvalue weighted by Crippen LogP contribution is -2.46. The van der Waals surface area contributed by atoms with Crippen LogP contribution in [0.1, 0.15) is 18.4 Å². The number of carbonyl (C=O) groups excluding carboxylic acids is 1. The predicted octanol–water partition coefficient (Wildman–Crippen LogP) is 3.03. The molecule has 1 saturated heterocycles. The highest BCUT2D eigenvalue weighted by molar-refractivity contribution is 5.74. The van der Waals surface area contributed by atoms with E-state index in [2.05, 4.69) is 5.32 Å². The van der Waals surface area contributed by atoms with E-state index < -0.39 is 6.10 Å². The molecule has 0 radical (unpaired) electrons. The molecule has 0 bridgehead atoms. The Balaban J connectivity index is 1.56. The molecule has 1 fully saturated rings. The van der Waals surface area contributed by atoms with Crippen molar-refractivity contribution < 1.29 is 14.6 Å². The minimum atomic E-state index is -0.400. The van der Waals surface area contributed by atoms with Gasteiger partial charge in [-0.3, -0.25) is 0 Å². The van der Waals surface area contributed by atoms with Crippen LogP contribution in [0.5, 0.6) is 5.75 Å². The second-order valence-electron chi connectivity index (χ2n) is 6.33. The van der Waals surface area contributed by atoms with Gasteiger partial charge in [-0.2, -0.15) is 0 Å². The summed E-state index contributed by atoms with van der Waals surface area (Å²) in [5.74, 6) is 0.839. The highest BCUT2D eigenvalue weighted by atomic mass is 16.5. The van der Waals surface area contributed by atoms with E-state index in [1.165, 1.54) is 0 Å². The Labute approximate surface area is 148 Å². The average Bonchev–Trinajstić information content (AvgIpc) is 2.66. The first-order valence-electron chi connectivity index (χ1n) is 8.60. The van der Waals surface area contributed by atoms with Gasteiger partial charge in [0.05, 0.1) is 13.2 Å². The number of hydrogen-bond donors (Lipinski definition) is 2. The summed E-state index contributed by atoms with van der Waals surface area (Å²) in [4.78, 5) is 13.8. The molecule has 2 aromatic rings. The molecular formula is C20H24N2O3. The largest absolute Gasteiger partial charge is 0.497 e. The molecule has 132 valence electrons. The Bertz CT molecular complexity index is 698. The van der Waals surface area contributed by atoms with Gasteiger partial charge in [-0.1, -0.05) is 36.4 Å². The van der Waals surface area contributed by atoms with E-state index >= 15 is 0 Å². The van der Waals surface area contributed by atoms with E-state index in [4.69, 9.17) is 4.74 Å². The van der Waals surface area contributed by atoms with Crippen LogP contribution in [-0.4, -0.2) is 42.3 Å². The van der Waals surface area contributed by atoms with Crippen LogP contribution in [0.3, 0.4) is 0 Å². The van der Waals surface area contributed by atoms with Crippen molar-refractivity contribution in [3.63, 3.8) is 0 Å². The van der Waals surface area contributed by atoms with Crippen molar-refractivity contribution in [3.05, 3.63) is 54.1 Å². The fourth-order valence-electron chi connectivity index (χ4n) is 3.03. The fourth-order valence-corrected chi connectivity index (χ4v) is 3.03. The number of hydrogen-bond acceptors (Lipinski definition) is 3. The van der Waals surface area contributed by atoms with Gasteiger partial charge in [0, 0.05) is 19.6 Å². The number of amides is 2. The number of nitrogens with one attached hydrogen (secondary N) is 1. The first kappa shape index (κ1) is 17.3. The highest BCUT2D eigenvalue weighted by Gasteiger charge is 2.21. The minimum Gasteiger partial charge on any atom is -0.497 e. The molecule has 2 N–H and O–H groups in total. The number of methoxy groups -OCH3 is 1. The summed E-state index contributed by atoms with van der Waals surface area (Å²) in [7, 11) is 1.66. The Hall–Kier alpha value is -2.53. The van der Waals surface area contributed by atoms with E-state index in [1.54, 1.807) is 12.0 Å². The van der Waals surface area contributed by atoms with Crippen LogP contribution < -0.4 is 10.1 Å². The number of ether oxygens (including phenoxy) is 1. The first-order valence-corrected chi connectivity index (χ1v) is 8.60. The molecule has 0 saturated carbocycles. The molecule has 5 heteroatoms. The molecule has 1 aliphatic heterocycles. The fraction of sp³-hybridized carbons (Fsp3) is 0.350. The van der Waals surface area contributed by atoms with Gasteiger partial charge in [0.1, 0.15) is 5.75 Å². The SMILES string of the molecule is COc1ccc(-c2ccc(CNC(=O)N3CCCC(O)C3)cc2)cc1. The number of benzene rings is 2. The first-order chi connectivity index (χ1) is 12.2. The quantitative estimate of drug-likeness (QED) is 0.899. The van der Waals surface area contributed by atoms with Crippen LogP contribution in [0.2, 0.25) is 0 Å². The zero-order valence-electron chi connectivity index (χ0n) is 14.4. The van der Waals surface area contributed by atoms with Crippen LogP contribution >= 0.6 is 0 Å². The molecule has 1 heterocycles. The Morgan fingerprint density at radius 3 is 2.40 bits per heavy atom. The second-order valence-corrected chi connectivity index (χ2v) is 6.33. The molecule has 0 spiro atoms. The molecule has 3 rings (SSSR count). The highest BCUT2D eigenvalue weighted by Crippen LogP contribution is 2.22. The molecule has 1 unspecified atom stereocenters. The van der Waals surface area contributed by atoms with Gasteiger partial charge in [-0.25, -0.2) is 4.79 Å². The molecule has 0 aromatic heterocycles. The number of aliphatic hydroxyl groups is 1. The lowest BCUT2D eigenvalue weighted by molar-refractivity contribution is 0.0842. The van der Waals surface area contributed by atoms with Gasteiger partial charge in [-0.15, -0.1) is 0 Å². The van der Waals surface area contributed by atoms with Crippen molar-refractivity contribution in [1.82, 2.24) is 10.2 Å². The summed E-state index contributed by atoms with van der Waals surface area (Å²) in [5.41, 5.74) is 3.29. The molecule has 5 nitrogen and oxygen atoms in total. The van der Waals surface area contributed by atoms with E-state index in [1.807, 2.05) is 48.5 Å². The normalized spacial score (nSPS) is 17.2. The van der Waals surface area contributed by atoms with Crippen LogP contribution in [0.15, 0.2) is 48.5 Å². The van der Waals surface area contributed by atoms with Crippen molar-refractivity contribution in [2.45, 2.75) is 25.5 Å². The summed E-state index contributed by atoms with van der Waals surface area (Å²) >= 11 is 0. The summed E-state index contributed by atoms with van der Waals surface area (Å²) in [5, 5.41) is 12.6. The van der Waals surface area contributed by atoms with Crippen LogP contribution in [-0.2, 0) is 6.54 Å².